The maximum absolute atomic E-state index is 8.15. The Balaban J connectivity index is 0. The molecule has 52 valence electrons. The molecule has 8 heavy (non-hydrogen) atoms. The summed E-state index contributed by atoms with van der Waals surface area (Å²) in [4.78, 5) is 0. The van der Waals surface area contributed by atoms with Gasteiger partial charge in [-0.25, -0.2) is 0 Å². The summed E-state index contributed by atoms with van der Waals surface area (Å²) in [6.45, 7) is 1.42. The summed E-state index contributed by atoms with van der Waals surface area (Å²) in [6.07, 6.45) is 0. The van der Waals surface area contributed by atoms with Crippen molar-refractivity contribution in [1.82, 2.24) is 11.5 Å². The zero-order valence-corrected chi connectivity index (χ0v) is 4.93. The van der Waals surface area contributed by atoms with Crippen molar-refractivity contribution in [3.63, 3.8) is 0 Å². The first-order chi connectivity index (χ1) is 3.41. The number of nitrogens with one attached hydrogen (secondary N) is 1. The van der Waals surface area contributed by atoms with Crippen LogP contribution < -0.4 is 11.5 Å². The standard InChI is InChI=1S/C4H11NO2.H3N/c6-3-1-5-2-4-7;/h5-7H,1-4H2;1H3. The van der Waals surface area contributed by atoms with Crippen molar-refractivity contribution in [2.24, 2.45) is 0 Å². The van der Waals surface area contributed by atoms with Gasteiger partial charge in [-0.1, -0.05) is 0 Å². The number of aliphatic hydroxyl groups is 2. The van der Waals surface area contributed by atoms with Crippen molar-refractivity contribution in [1.29, 1.82) is 0 Å². The molecule has 0 bridgehead atoms. The fourth-order valence-electron chi connectivity index (χ4n) is 0.283. The zero-order chi connectivity index (χ0) is 5.54. The molecule has 0 spiro atoms. The van der Waals surface area contributed by atoms with Crippen LogP contribution >= 0.6 is 0 Å². The van der Waals surface area contributed by atoms with Gasteiger partial charge >= 0.3 is 0 Å². The van der Waals surface area contributed by atoms with Crippen molar-refractivity contribution in [2.45, 2.75) is 0 Å². The van der Waals surface area contributed by atoms with E-state index >= 15 is 0 Å². The summed E-state index contributed by atoms with van der Waals surface area (Å²) in [5, 5.41) is 19.1. The third kappa shape index (κ3) is 9.28. The summed E-state index contributed by atoms with van der Waals surface area (Å²) in [5.41, 5.74) is 0. The van der Waals surface area contributed by atoms with Crippen molar-refractivity contribution in [3.05, 3.63) is 0 Å². The molecule has 0 saturated heterocycles. The third-order valence-corrected chi connectivity index (χ3v) is 0.577. The normalized spacial score (nSPS) is 8.25. The molecule has 6 N–H and O–H groups in total. The summed E-state index contributed by atoms with van der Waals surface area (Å²) in [6, 6.07) is 0. The molecule has 0 atom stereocenters. The molecular formula is C4H14N2O2. The highest BCUT2D eigenvalue weighted by Crippen LogP contribution is 1.54. The minimum absolute atomic E-state index is 0. The maximum Gasteiger partial charge on any atom is 0.0555 e. The van der Waals surface area contributed by atoms with E-state index in [1.165, 1.54) is 0 Å². The fraction of sp³-hybridized carbons (Fsp3) is 1.00. The largest absolute Gasteiger partial charge is 0.395 e. The van der Waals surface area contributed by atoms with Gasteiger partial charge in [0.1, 0.15) is 0 Å². The van der Waals surface area contributed by atoms with Gasteiger partial charge in [0.2, 0.25) is 0 Å². The molecule has 0 aromatic carbocycles. The molecule has 0 aliphatic rings. The van der Waals surface area contributed by atoms with Crippen LogP contribution in [0.5, 0.6) is 0 Å². The Bertz CT molecular complexity index is 31.2. The minimum Gasteiger partial charge on any atom is -0.395 e. The van der Waals surface area contributed by atoms with Crippen LogP contribution in [0.4, 0.5) is 0 Å². The van der Waals surface area contributed by atoms with Gasteiger partial charge in [-0.2, -0.15) is 0 Å². The molecule has 4 heteroatoms. The molecule has 0 aliphatic heterocycles. The number of hydrogen-bond donors (Lipinski definition) is 4. The van der Waals surface area contributed by atoms with Crippen molar-refractivity contribution in [2.75, 3.05) is 26.3 Å². The lowest BCUT2D eigenvalue weighted by molar-refractivity contribution is 0.267. The summed E-state index contributed by atoms with van der Waals surface area (Å²) < 4.78 is 0. The van der Waals surface area contributed by atoms with E-state index in [1.807, 2.05) is 0 Å². The molecule has 4 nitrogen and oxygen atoms in total. The zero-order valence-electron chi connectivity index (χ0n) is 4.93. The lowest BCUT2D eigenvalue weighted by atomic mass is 10.6. The van der Waals surface area contributed by atoms with Crippen LogP contribution in [0, 0.1) is 0 Å². The highest BCUT2D eigenvalue weighted by Gasteiger charge is 1.78. The van der Waals surface area contributed by atoms with Crippen molar-refractivity contribution < 1.29 is 10.2 Å². The van der Waals surface area contributed by atoms with E-state index in [2.05, 4.69) is 5.32 Å². The number of aliphatic hydroxyl groups excluding tert-OH is 2. The Hall–Kier alpha value is -0.160. The van der Waals surface area contributed by atoms with Gasteiger partial charge in [0.05, 0.1) is 13.2 Å². The van der Waals surface area contributed by atoms with E-state index in [4.69, 9.17) is 10.2 Å². The molecule has 0 aromatic heterocycles. The average Bonchev–Trinajstić information content (AvgIpc) is 1.69. The van der Waals surface area contributed by atoms with Gasteiger partial charge in [0.25, 0.3) is 0 Å². The lowest BCUT2D eigenvalue weighted by Crippen LogP contribution is -2.21. The van der Waals surface area contributed by atoms with E-state index in [1.54, 1.807) is 0 Å². The smallest absolute Gasteiger partial charge is 0.0555 e. The van der Waals surface area contributed by atoms with Gasteiger partial charge in [-0.15, -0.1) is 0 Å². The van der Waals surface area contributed by atoms with Gasteiger partial charge in [0.15, 0.2) is 0 Å². The van der Waals surface area contributed by atoms with E-state index in [0.29, 0.717) is 13.1 Å². The molecule has 0 fully saturated rings. The molecular weight excluding hydrogens is 108 g/mol. The first-order valence-electron chi connectivity index (χ1n) is 2.34. The topological polar surface area (TPSA) is 87.5 Å². The van der Waals surface area contributed by atoms with Gasteiger partial charge < -0.3 is 21.7 Å². The fourth-order valence-corrected chi connectivity index (χ4v) is 0.283. The van der Waals surface area contributed by atoms with Crippen LogP contribution in [-0.4, -0.2) is 36.5 Å². The second kappa shape index (κ2) is 9.96. The Kier molecular flexibility index (Phi) is 13.4. The minimum atomic E-state index is 0. The van der Waals surface area contributed by atoms with Gasteiger partial charge in [-0.05, 0) is 0 Å². The summed E-state index contributed by atoms with van der Waals surface area (Å²) >= 11 is 0. The van der Waals surface area contributed by atoms with Gasteiger partial charge in [-0.3, -0.25) is 0 Å². The molecule has 0 saturated carbocycles. The van der Waals surface area contributed by atoms with E-state index in [0.717, 1.165) is 0 Å². The van der Waals surface area contributed by atoms with Crippen LogP contribution in [0.3, 0.4) is 0 Å². The molecule has 0 unspecified atom stereocenters. The first-order valence-corrected chi connectivity index (χ1v) is 2.34. The molecule has 0 amide bonds. The number of rotatable bonds is 4. The third-order valence-electron chi connectivity index (χ3n) is 0.577. The second-order valence-electron chi connectivity index (χ2n) is 1.20. The van der Waals surface area contributed by atoms with E-state index in [-0.39, 0.29) is 19.4 Å². The van der Waals surface area contributed by atoms with Crippen LogP contribution in [0.2, 0.25) is 0 Å². The second-order valence-corrected chi connectivity index (χ2v) is 1.20. The van der Waals surface area contributed by atoms with E-state index in [9.17, 15) is 0 Å². The Morgan fingerprint density at radius 2 is 1.38 bits per heavy atom. The van der Waals surface area contributed by atoms with E-state index < -0.39 is 0 Å². The van der Waals surface area contributed by atoms with Crippen molar-refractivity contribution >= 4 is 0 Å². The molecule has 0 rings (SSSR count). The maximum atomic E-state index is 8.15. The van der Waals surface area contributed by atoms with Gasteiger partial charge in [0, 0.05) is 13.1 Å². The molecule has 0 heterocycles. The van der Waals surface area contributed by atoms with Crippen molar-refractivity contribution in [3.8, 4) is 0 Å². The molecule has 0 radical (unpaired) electrons. The predicted molar refractivity (Wildman–Crippen MR) is 32.1 cm³/mol. The summed E-state index contributed by atoms with van der Waals surface area (Å²) in [5.74, 6) is 0. The summed E-state index contributed by atoms with van der Waals surface area (Å²) in [7, 11) is 0. The number of hydrogen-bond acceptors (Lipinski definition) is 4. The average molecular weight is 122 g/mol. The SMILES string of the molecule is N.OCCNCCO. The predicted octanol–water partition coefficient (Wildman–Crippen LogP) is -1.28. The Morgan fingerprint density at radius 1 is 1.00 bits per heavy atom. The Labute approximate surface area is 49.1 Å². The first kappa shape index (κ1) is 10.8. The van der Waals surface area contributed by atoms with Crippen LogP contribution in [-0.2, 0) is 0 Å². The quantitative estimate of drug-likeness (QED) is 0.350. The Morgan fingerprint density at radius 3 is 1.62 bits per heavy atom. The highest BCUT2D eigenvalue weighted by molar-refractivity contribution is 4.39. The monoisotopic (exact) mass is 122 g/mol. The molecule has 0 aromatic rings. The lowest BCUT2D eigenvalue weighted by Gasteiger charge is -1.94. The van der Waals surface area contributed by atoms with Crippen LogP contribution in [0.1, 0.15) is 0 Å². The van der Waals surface area contributed by atoms with Crippen LogP contribution in [0.25, 0.3) is 0 Å². The highest BCUT2D eigenvalue weighted by atomic mass is 16.3. The molecule has 0 aliphatic carbocycles. The van der Waals surface area contributed by atoms with Crippen LogP contribution in [0.15, 0.2) is 0 Å².